The number of pyridine rings is 1. The molecule has 2 N–H and O–H groups in total. The summed E-state index contributed by atoms with van der Waals surface area (Å²) >= 11 is 0. The minimum Gasteiger partial charge on any atom is -0.392 e. The van der Waals surface area contributed by atoms with Crippen molar-refractivity contribution in [1.82, 2.24) is 9.97 Å². The van der Waals surface area contributed by atoms with E-state index in [4.69, 9.17) is 5.11 Å². The van der Waals surface area contributed by atoms with Crippen LogP contribution in [-0.4, -0.2) is 15.1 Å². The Balaban J connectivity index is 2.75. The molecule has 0 aromatic carbocycles. The molecule has 0 amide bonds. The zero-order valence-electron chi connectivity index (χ0n) is 6.83. The molecule has 12 heavy (non-hydrogen) atoms. The van der Waals surface area contributed by atoms with E-state index in [-0.39, 0.29) is 6.61 Å². The van der Waals surface area contributed by atoms with Crippen LogP contribution in [0, 0.1) is 6.92 Å². The Morgan fingerprint density at radius 2 is 2.33 bits per heavy atom. The first kappa shape index (κ1) is 7.31. The first-order valence-corrected chi connectivity index (χ1v) is 3.86. The standard InChI is InChI=1S/C9H10N2O/c1-6-2-3-8-9(11-6)7(5-12)4-10-8/h2-4,10,12H,5H2,1H3. The SMILES string of the molecule is Cc1ccc2[nH]cc(CO)c2n1. The van der Waals surface area contributed by atoms with Gasteiger partial charge in [0.2, 0.25) is 0 Å². The fraction of sp³-hybridized carbons (Fsp3) is 0.222. The number of fused-ring (bicyclic) bond motifs is 1. The van der Waals surface area contributed by atoms with E-state index in [9.17, 15) is 0 Å². The Labute approximate surface area is 70.1 Å². The molecule has 0 bridgehead atoms. The van der Waals surface area contributed by atoms with Crippen molar-refractivity contribution in [2.24, 2.45) is 0 Å². The molecular weight excluding hydrogens is 152 g/mol. The third-order valence-electron chi connectivity index (χ3n) is 1.91. The summed E-state index contributed by atoms with van der Waals surface area (Å²) in [5, 5.41) is 8.96. The second kappa shape index (κ2) is 2.60. The van der Waals surface area contributed by atoms with Gasteiger partial charge >= 0.3 is 0 Å². The molecule has 0 unspecified atom stereocenters. The average Bonchev–Trinajstić information content (AvgIpc) is 2.46. The van der Waals surface area contributed by atoms with Crippen molar-refractivity contribution in [1.29, 1.82) is 0 Å². The Bertz CT molecular complexity index is 406. The molecule has 3 nitrogen and oxygen atoms in total. The maximum Gasteiger partial charge on any atom is 0.0937 e. The van der Waals surface area contributed by atoms with Gasteiger partial charge in [0.25, 0.3) is 0 Å². The first-order chi connectivity index (χ1) is 5.81. The van der Waals surface area contributed by atoms with Crippen molar-refractivity contribution < 1.29 is 5.11 Å². The number of hydrogen-bond donors (Lipinski definition) is 2. The molecule has 0 aliphatic heterocycles. The van der Waals surface area contributed by atoms with Gasteiger partial charge in [0.05, 0.1) is 17.6 Å². The summed E-state index contributed by atoms with van der Waals surface area (Å²) in [5.41, 5.74) is 3.67. The Morgan fingerprint density at radius 1 is 1.50 bits per heavy atom. The van der Waals surface area contributed by atoms with Gasteiger partial charge in [-0.05, 0) is 19.1 Å². The van der Waals surface area contributed by atoms with Gasteiger partial charge in [0.15, 0.2) is 0 Å². The maximum atomic E-state index is 8.96. The van der Waals surface area contributed by atoms with Crippen molar-refractivity contribution in [2.45, 2.75) is 13.5 Å². The lowest BCUT2D eigenvalue weighted by atomic mass is 10.2. The molecule has 0 saturated carbocycles. The largest absolute Gasteiger partial charge is 0.392 e. The van der Waals surface area contributed by atoms with E-state index in [1.54, 1.807) is 6.20 Å². The monoisotopic (exact) mass is 162 g/mol. The summed E-state index contributed by atoms with van der Waals surface area (Å²) in [4.78, 5) is 7.36. The van der Waals surface area contributed by atoms with Crippen LogP contribution in [0.4, 0.5) is 0 Å². The molecular formula is C9H10N2O. The molecule has 0 spiro atoms. The maximum absolute atomic E-state index is 8.96. The number of aliphatic hydroxyl groups is 1. The van der Waals surface area contributed by atoms with Crippen LogP contribution in [0.25, 0.3) is 11.0 Å². The minimum atomic E-state index is 0.0381. The normalized spacial score (nSPS) is 10.8. The molecule has 0 aliphatic rings. The highest BCUT2D eigenvalue weighted by molar-refractivity contribution is 5.78. The van der Waals surface area contributed by atoms with E-state index >= 15 is 0 Å². The highest BCUT2D eigenvalue weighted by Crippen LogP contribution is 2.15. The van der Waals surface area contributed by atoms with E-state index in [2.05, 4.69) is 9.97 Å². The molecule has 0 radical (unpaired) electrons. The first-order valence-electron chi connectivity index (χ1n) is 3.86. The van der Waals surface area contributed by atoms with Crippen LogP contribution in [0.1, 0.15) is 11.3 Å². The Kier molecular flexibility index (Phi) is 1.59. The molecule has 3 heteroatoms. The van der Waals surface area contributed by atoms with Gasteiger partial charge in [-0.3, -0.25) is 4.98 Å². The quantitative estimate of drug-likeness (QED) is 0.665. The van der Waals surface area contributed by atoms with Gasteiger partial charge in [0.1, 0.15) is 0 Å². The van der Waals surface area contributed by atoms with Gasteiger partial charge in [-0.25, -0.2) is 0 Å². The molecule has 2 aromatic rings. The summed E-state index contributed by atoms with van der Waals surface area (Å²) in [7, 11) is 0. The fourth-order valence-corrected chi connectivity index (χ4v) is 1.27. The van der Waals surface area contributed by atoms with Crippen molar-refractivity contribution >= 4 is 11.0 Å². The Hall–Kier alpha value is -1.35. The molecule has 0 atom stereocenters. The van der Waals surface area contributed by atoms with Crippen LogP contribution in [0.15, 0.2) is 18.3 Å². The predicted octanol–water partition coefficient (Wildman–Crippen LogP) is 1.36. The number of aromatic amines is 1. The van der Waals surface area contributed by atoms with Gasteiger partial charge in [0, 0.05) is 17.5 Å². The number of aromatic nitrogens is 2. The lowest BCUT2D eigenvalue weighted by Gasteiger charge is -1.94. The highest BCUT2D eigenvalue weighted by atomic mass is 16.3. The van der Waals surface area contributed by atoms with Crippen molar-refractivity contribution in [3.63, 3.8) is 0 Å². The van der Waals surface area contributed by atoms with Crippen LogP contribution in [0.3, 0.4) is 0 Å². The van der Waals surface area contributed by atoms with Gasteiger partial charge in [-0.2, -0.15) is 0 Å². The van der Waals surface area contributed by atoms with E-state index in [0.29, 0.717) is 0 Å². The molecule has 2 rings (SSSR count). The predicted molar refractivity (Wildman–Crippen MR) is 46.8 cm³/mol. The topological polar surface area (TPSA) is 48.9 Å². The summed E-state index contributed by atoms with van der Waals surface area (Å²) in [6.07, 6.45) is 1.79. The zero-order valence-corrected chi connectivity index (χ0v) is 6.83. The van der Waals surface area contributed by atoms with Gasteiger partial charge in [-0.1, -0.05) is 0 Å². The molecule has 62 valence electrons. The van der Waals surface area contributed by atoms with Crippen molar-refractivity contribution in [3.8, 4) is 0 Å². The number of rotatable bonds is 1. The third kappa shape index (κ3) is 0.987. The molecule has 0 saturated heterocycles. The van der Waals surface area contributed by atoms with Crippen LogP contribution in [0.5, 0.6) is 0 Å². The Morgan fingerprint density at radius 3 is 3.08 bits per heavy atom. The summed E-state index contributed by atoms with van der Waals surface area (Å²) in [6, 6.07) is 3.91. The highest BCUT2D eigenvalue weighted by Gasteiger charge is 2.02. The lowest BCUT2D eigenvalue weighted by Crippen LogP contribution is -1.84. The zero-order chi connectivity index (χ0) is 8.55. The number of aryl methyl sites for hydroxylation is 1. The van der Waals surface area contributed by atoms with Gasteiger partial charge in [-0.15, -0.1) is 0 Å². The molecule has 0 aliphatic carbocycles. The number of nitrogens with zero attached hydrogens (tertiary/aromatic N) is 1. The number of nitrogens with one attached hydrogen (secondary N) is 1. The lowest BCUT2D eigenvalue weighted by molar-refractivity contribution is 0.283. The smallest absolute Gasteiger partial charge is 0.0937 e. The van der Waals surface area contributed by atoms with Crippen molar-refractivity contribution in [3.05, 3.63) is 29.6 Å². The number of hydrogen-bond acceptors (Lipinski definition) is 2. The minimum absolute atomic E-state index is 0.0381. The van der Waals surface area contributed by atoms with Crippen LogP contribution >= 0.6 is 0 Å². The van der Waals surface area contributed by atoms with E-state index in [1.165, 1.54) is 0 Å². The second-order valence-electron chi connectivity index (χ2n) is 2.82. The van der Waals surface area contributed by atoms with E-state index in [1.807, 2.05) is 19.1 Å². The summed E-state index contributed by atoms with van der Waals surface area (Å²) in [5.74, 6) is 0. The molecule has 0 fully saturated rings. The van der Waals surface area contributed by atoms with E-state index < -0.39 is 0 Å². The van der Waals surface area contributed by atoms with Crippen molar-refractivity contribution in [2.75, 3.05) is 0 Å². The summed E-state index contributed by atoms with van der Waals surface area (Å²) < 4.78 is 0. The number of H-pyrrole nitrogens is 1. The molecule has 2 aromatic heterocycles. The average molecular weight is 162 g/mol. The summed E-state index contributed by atoms with van der Waals surface area (Å²) in [6.45, 7) is 1.98. The van der Waals surface area contributed by atoms with Crippen LogP contribution in [-0.2, 0) is 6.61 Å². The van der Waals surface area contributed by atoms with Gasteiger partial charge < -0.3 is 10.1 Å². The van der Waals surface area contributed by atoms with E-state index in [0.717, 1.165) is 22.3 Å². The second-order valence-corrected chi connectivity index (χ2v) is 2.82. The molecule has 2 heterocycles. The van der Waals surface area contributed by atoms with Crippen LogP contribution < -0.4 is 0 Å². The third-order valence-corrected chi connectivity index (χ3v) is 1.91. The van der Waals surface area contributed by atoms with Crippen LogP contribution in [0.2, 0.25) is 0 Å². The number of aliphatic hydroxyl groups excluding tert-OH is 1. The fourth-order valence-electron chi connectivity index (χ4n) is 1.27.